The normalized spacial score (nSPS) is 12.5. The SMILES string of the molecule is COc1cc(-c2c3n(c4c(=O)oc5cc(OC(C)C)c(OC)cc5c24)CCc2cc(OC(C)C)c(OC)cc2-3)ccc1OC(C)C. The molecule has 3 heterocycles. The van der Waals surface area contributed by atoms with Crippen molar-refractivity contribution in [2.24, 2.45) is 0 Å². The van der Waals surface area contributed by atoms with Crippen LogP contribution in [0.25, 0.3) is 44.3 Å². The van der Waals surface area contributed by atoms with Crippen molar-refractivity contribution in [1.82, 2.24) is 4.57 Å². The van der Waals surface area contributed by atoms with Gasteiger partial charge in [0.25, 0.3) is 0 Å². The molecule has 0 bridgehead atoms. The first-order chi connectivity index (χ1) is 22.0. The largest absolute Gasteiger partial charge is 0.493 e. The van der Waals surface area contributed by atoms with E-state index in [0.717, 1.165) is 38.7 Å². The van der Waals surface area contributed by atoms with Gasteiger partial charge in [-0.25, -0.2) is 4.79 Å². The molecule has 0 spiro atoms. The van der Waals surface area contributed by atoms with E-state index >= 15 is 0 Å². The molecule has 242 valence electrons. The van der Waals surface area contributed by atoms with Crippen LogP contribution in [0, 0.1) is 0 Å². The highest BCUT2D eigenvalue weighted by Crippen LogP contribution is 2.50. The average Bonchev–Trinajstić information content (AvgIpc) is 3.36. The summed E-state index contributed by atoms with van der Waals surface area (Å²) in [5.74, 6) is 3.57. The van der Waals surface area contributed by atoms with Gasteiger partial charge in [0.1, 0.15) is 11.1 Å². The van der Waals surface area contributed by atoms with Gasteiger partial charge in [-0.1, -0.05) is 6.07 Å². The lowest BCUT2D eigenvalue weighted by Crippen LogP contribution is -2.15. The van der Waals surface area contributed by atoms with Crippen molar-refractivity contribution in [2.45, 2.75) is 72.8 Å². The number of rotatable bonds is 10. The van der Waals surface area contributed by atoms with Crippen molar-refractivity contribution in [3.8, 4) is 56.9 Å². The first-order valence-corrected chi connectivity index (χ1v) is 15.6. The Kier molecular flexibility index (Phi) is 8.27. The quantitative estimate of drug-likeness (QED) is 0.144. The number of methoxy groups -OCH3 is 3. The van der Waals surface area contributed by atoms with Gasteiger partial charge < -0.3 is 37.4 Å². The zero-order chi connectivity index (χ0) is 32.9. The number of fused-ring (bicyclic) bond motifs is 7. The van der Waals surface area contributed by atoms with Crippen LogP contribution in [0.15, 0.2) is 51.7 Å². The first kappa shape index (κ1) is 31.2. The summed E-state index contributed by atoms with van der Waals surface area (Å²) in [5.41, 5.74) is 5.10. The van der Waals surface area contributed by atoms with E-state index in [1.54, 1.807) is 27.4 Å². The fourth-order valence-corrected chi connectivity index (χ4v) is 6.29. The summed E-state index contributed by atoms with van der Waals surface area (Å²) in [4.78, 5) is 14.0. The van der Waals surface area contributed by atoms with Crippen molar-refractivity contribution in [2.75, 3.05) is 21.3 Å². The van der Waals surface area contributed by atoms with E-state index < -0.39 is 5.63 Å². The maximum atomic E-state index is 14.0. The minimum Gasteiger partial charge on any atom is -0.493 e. The second kappa shape index (κ2) is 12.2. The van der Waals surface area contributed by atoms with E-state index in [9.17, 15) is 4.79 Å². The molecule has 0 saturated carbocycles. The molecule has 3 aromatic carbocycles. The Labute approximate surface area is 268 Å². The van der Waals surface area contributed by atoms with E-state index in [2.05, 4.69) is 10.6 Å². The zero-order valence-electron chi connectivity index (χ0n) is 27.9. The Bertz CT molecular complexity index is 2000. The Balaban J connectivity index is 1.75. The predicted octanol–water partition coefficient (Wildman–Crippen LogP) is 8.03. The molecule has 1 aliphatic rings. The molecule has 0 radical (unpaired) electrons. The van der Waals surface area contributed by atoms with Gasteiger partial charge in [0.05, 0.1) is 45.3 Å². The minimum atomic E-state index is -0.433. The number of hydrogen-bond donors (Lipinski definition) is 0. The van der Waals surface area contributed by atoms with Gasteiger partial charge >= 0.3 is 5.63 Å². The standard InChI is InChI=1S/C37H41NO8/c1-19(2)43-26-11-10-23(15-28(26)40-7)33-34-25-17-30(42-9)32(45-21(5)6)18-27(25)46-37(39)36(34)38-13-12-22-14-31(44-20(3)4)29(41-8)16-24(22)35(33)38/h10-11,14-21H,12-13H2,1-9H3. The molecule has 0 N–H and O–H groups in total. The topological polar surface area (TPSA) is 90.5 Å². The smallest absolute Gasteiger partial charge is 0.361 e. The molecule has 1 aliphatic heterocycles. The van der Waals surface area contributed by atoms with Crippen molar-refractivity contribution >= 4 is 21.9 Å². The fourth-order valence-electron chi connectivity index (χ4n) is 6.29. The van der Waals surface area contributed by atoms with E-state index in [4.69, 9.17) is 32.8 Å². The molecule has 9 nitrogen and oxygen atoms in total. The van der Waals surface area contributed by atoms with E-state index in [1.165, 1.54) is 0 Å². The molecule has 0 amide bonds. The molecule has 9 heteroatoms. The van der Waals surface area contributed by atoms with Crippen molar-refractivity contribution in [3.63, 3.8) is 0 Å². The Hall–Kier alpha value is -4.79. The Morgan fingerprint density at radius 2 is 1.28 bits per heavy atom. The third-order valence-electron chi connectivity index (χ3n) is 7.98. The molecule has 0 fully saturated rings. The fraction of sp³-hybridized carbons (Fsp3) is 0.378. The number of ether oxygens (including phenoxy) is 6. The van der Waals surface area contributed by atoms with Gasteiger partial charge in [0, 0.05) is 34.5 Å². The molecule has 2 aromatic heterocycles. The summed E-state index contributed by atoms with van der Waals surface area (Å²) < 4.78 is 43.7. The number of hydrogen-bond acceptors (Lipinski definition) is 8. The van der Waals surface area contributed by atoms with Crippen LogP contribution in [0.3, 0.4) is 0 Å². The third-order valence-corrected chi connectivity index (χ3v) is 7.98. The number of aryl methyl sites for hydroxylation is 2. The third kappa shape index (κ3) is 5.37. The molecule has 0 aliphatic carbocycles. The van der Waals surface area contributed by atoms with Crippen LogP contribution >= 0.6 is 0 Å². The molecular formula is C37H41NO8. The maximum Gasteiger partial charge on any atom is 0.361 e. The van der Waals surface area contributed by atoms with Gasteiger partial charge in [-0.2, -0.15) is 0 Å². The number of benzene rings is 3. The van der Waals surface area contributed by atoms with Crippen LogP contribution in [-0.4, -0.2) is 44.2 Å². The molecule has 0 saturated heterocycles. The van der Waals surface area contributed by atoms with Gasteiger partial charge in [0.15, 0.2) is 34.5 Å². The highest BCUT2D eigenvalue weighted by atomic mass is 16.5. The van der Waals surface area contributed by atoms with Crippen LogP contribution < -0.4 is 34.0 Å². The van der Waals surface area contributed by atoms with Crippen LogP contribution in [0.5, 0.6) is 34.5 Å². The van der Waals surface area contributed by atoms with Crippen molar-refractivity contribution in [3.05, 3.63) is 58.4 Å². The Morgan fingerprint density at radius 3 is 1.91 bits per heavy atom. The van der Waals surface area contributed by atoms with Crippen LogP contribution in [-0.2, 0) is 13.0 Å². The van der Waals surface area contributed by atoms with E-state index in [-0.39, 0.29) is 18.3 Å². The van der Waals surface area contributed by atoms with Gasteiger partial charge in [-0.3, -0.25) is 0 Å². The molecule has 0 atom stereocenters. The minimum absolute atomic E-state index is 0.0212. The zero-order valence-corrected chi connectivity index (χ0v) is 27.9. The molecule has 0 unspecified atom stereocenters. The summed E-state index contributed by atoms with van der Waals surface area (Å²) in [6, 6.07) is 13.6. The molecule has 6 rings (SSSR count). The van der Waals surface area contributed by atoms with Gasteiger partial charge in [-0.15, -0.1) is 0 Å². The van der Waals surface area contributed by atoms with Crippen LogP contribution in [0.1, 0.15) is 47.1 Å². The lowest BCUT2D eigenvalue weighted by atomic mass is 9.91. The molecule has 46 heavy (non-hydrogen) atoms. The van der Waals surface area contributed by atoms with Crippen LogP contribution in [0.2, 0.25) is 0 Å². The van der Waals surface area contributed by atoms with Crippen molar-refractivity contribution in [1.29, 1.82) is 0 Å². The summed E-state index contributed by atoms with van der Waals surface area (Å²) >= 11 is 0. The first-order valence-electron chi connectivity index (χ1n) is 15.6. The van der Waals surface area contributed by atoms with Crippen molar-refractivity contribution < 1.29 is 32.8 Å². The number of nitrogens with zero attached hydrogens (tertiary/aromatic N) is 1. The predicted molar refractivity (Wildman–Crippen MR) is 180 cm³/mol. The van der Waals surface area contributed by atoms with Gasteiger partial charge in [-0.05, 0) is 89.4 Å². The highest BCUT2D eigenvalue weighted by molar-refractivity contribution is 6.17. The second-order valence-corrected chi connectivity index (χ2v) is 12.3. The molecule has 5 aromatic rings. The summed E-state index contributed by atoms with van der Waals surface area (Å²) in [7, 11) is 4.87. The average molecular weight is 628 g/mol. The van der Waals surface area contributed by atoms with Gasteiger partial charge in [0.2, 0.25) is 0 Å². The monoisotopic (exact) mass is 627 g/mol. The Morgan fingerprint density at radius 1 is 0.696 bits per heavy atom. The van der Waals surface area contributed by atoms with E-state index in [0.29, 0.717) is 58.6 Å². The lowest BCUT2D eigenvalue weighted by molar-refractivity contribution is 0.229. The lowest BCUT2D eigenvalue weighted by Gasteiger charge is -2.24. The molecular weight excluding hydrogens is 586 g/mol. The number of aromatic nitrogens is 1. The highest BCUT2D eigenvalue weighted by Gasteiger charge is 2.31. The van der Waals surface area contributed by atoms with E-state index in [1.807, 2.05) is 71.9 Å². The summed E-state index contributed by atoms with van der Waals surface area (Å²) in [6.45, 7) is 12.4. The maximum absolute atomic E-state index is 14.0. The summed E-state index contributed by atoms with van der Waals surface area (Å²) in [5, 5.41) is 1.48. The van der Waals surface area contributed by atoms with Crippen LogP contribution in [0.4, 0.5) is 0 Å². The summed E-state index contributed by atoms with van der Waals surface area (Å²) in [6.07, 6.45) is 0.533. The second-order valence-electron chi connectivity index (χ2n) is 12.3.